The predicted molar refractivity (Wildman–Crippen MR) is 110 cm³/mol. The molecule has 0 saturated heterocycles. The molecule has 0 amide bonds. The summed E-state index contributed by atoms with van der Waals surface area (Å²) in [4.78, 5) is 4.38. The van der Waals surface area contributed by atoms with Gasteiger partial charge in [-0.05, 0) is 63.9 Å². The van der Waals surface area contributed by atoms with Crippen LogP contribution >= 0.6 is 12.4 Å². The Kier molecular flexibility index (Phi) is 5.33. The van der Waals surface area contributed by atoms with E-state index in [9.17, 15) is 0 Å². The normalized spacial score (nSPS) is 14.5. The van der Waals surface area contributed by atoms with Crippen LogP contribution in [0.25, 0.3) is 11.3 Å². The van der Waals surface area contributed by atoms with Gasteiger partial charge in [-0.2, -0.15) is 5.10 Å². The zero-order valence-corrected chi connectivity index (χ0v) is 17.2. The molecular weight excluding hydrogens is 360 g/mol. The van der Waals surface area contributed by atoms with Crippen LogP contribution in [0, 0.1) is 13.8 Å². The van der Waals surface area contributed by atoms with Gasteiger partial charge in [0.25, 0.3) is 0 Å². The van der Waals surface area contributed by atoms with Gasteiger partial charge in [0.2, 0.25) is 0 Å². The quantitative estimate of drug-likeness (QED) is 0.644. The summed E-state index contributed by atoms with van der Waals surface area (Å²) in [5, 5.41) is 4.54. The number of benzene rings is 1. The second-order valence-electron chi connectivity index (χ2n) is 7.84. The third-order valence-corrected chi connectivity index (χ3v) is 4.94. The van der Waals surface area contributed by atoms with E-state index in [1.807, 2.05) is 19.4 Å². The van der Waals surface area contributed by atoms with Gasteiger partial charge in [0.1, 0.15) is 11.4 Å². The van der Waals surface area contributed by atoms with Gasteiger partial charge >= 0.3 is 0 Å². The average Bonchev–Trinajstić information content (AvgIpc) is 3.23. The van der Waals surface area contributed by atoms with Crippen molar-refractivity contribution in [1.29, 1.82) is 0 Å². The summed E-state index contributed by atoms with van der Waals surface area (Å²) in [7, 11) is 0. The van der Waals surface area contributed by atoms with Gasteiger partial charge in [0, 0.05) is 30.8 Å². The van der Waals surface area contributed by atoms with Gasteiger partial charge in [-0.3, -0.25) is 4.68 Å². The summed E-state index contributed by atoms with van der Waals surface area (Å²) in [6.07, 6.45) is 5.84. The molecule has 0 unspecified atom stereocenters. The molecule has 144 valence electrons. The molecule has 1 aliphatic rings. The van der Waals surface area contributed by atoms with Crippen molar-refractivity contribution in [2.45, 2.75) is 59.2 Å². The van der Waals surface area contributed by atoms with Crippen molar-refractivity contribution in [3.63, 3.8) is 0 Å². The number of nitrogens with zero attached hydrogens (tertiary/aromatic N) is 4. The third kappa shape index (κ3) is 4.03. The molecule has 27 heavy (non-hydrogen) atoms. The molecule has 1 aromatic carbocycles. The summed E-state index contributed by atoms with van der Waals surface area (Å²) < 4.78 is 10.3. The lowest BCUT2D eigenvalue weighted by Crippen LogP contribution is -2.24. The van der Waals surface area contributed by atoms with Crippen molar-refractivity contribution in [3.8, 4) is 17.0 Å². The third-order valence-electron chi connectivity index (χ3n) is 4.94. The van der Waals surface area contributed by atoms with E-state index < -0.39 is 0 Å². The van der Waals surface area contributed by atoms with E-state index in [0.717, 1.165) is 43.1 Å². The zero-order chi connectivity index (χ0) is 18.3. The second-order valence-corrected chi connectivity index (χ2v) is 7.84. The van der Waals surface area contributed by atoms with E-state index in [2.05, 4.69) is 64.4 Å². The predicted octanol–water partition coefficient (Wildman–Crippen LogP) is 4.59. The number of halogens is 1. The van der Waals surface area contributed by atoms with Gasteiger partial charge in [0.15, 0.2) is 0 Å². The minimum atomic E-state index is -0.110. The minimum Gasteiger partial charge on any atom is -0.487 e. The molecule has 0 saturated carbocycles. The second kappa shape index (κ2) is 7.39. The van der Waals surface area contributed by atoms with Gasteiger partial charge in [0.05, 0.1) is 23.9 Å². The molecule has 1 aliphatic heterocycles. The maximum absolute atomic E-state index is 5.99. The molecule has 0 atom stereocenters. The Bertz CT molecular complexity index is 942. The van der Waals surface area contributed by atoms with Crippen LogP contribution in [0.3, 0.4) is 0 Å². The Morgan fingerprint density at radius 2 is 1.96 bits per heavy atom. The van der Waals surface area contributed by atoms with E-state index >= 15 is 0 Å². The lowest BCUT2D eigenvalue weighted by atomic mass is 9.99. The SMILES string of the molecule is Cc1cc(C)n(CCCn2cncc2-c2ccc3c(c2)CC(C)(C)O3)n1.Cl. The molecule has 3 heterocycles. The van der Waals surface area contributed by atoms with Gasteiger partial charge in [-0.15, -0.1) is 12.4 Å². The molecule has 0 bridgehead atoms. The van der Waals surface area contributed by atoms with Crippen molar-refractivity contribution in [3.05, 3.63) is 53.7 Å². The van der Waals surface area contributed by atoms with Crippen LogP contribution in [0.2, 0.25) is 0 Å². The number of aromatic nitrogens is 4. The molecule has 0 fully saturated rings. The molecule has 0 spiro atoms. The Morgan fingerprint density at radius 1 is 1.15 bits per heavy atom. The number of fused-ring (bicyclic) bond motifs is 1. The van der Waals surface area contributed by atoms with Crippen LogP contribution in [0.5, 0.6) is 5.75 Å². The maximum Gasteiger partial charge on any atom is 0.123 e. The highest BCUT2D eigenvalue weighted by Gasteiger charge is 2.30. The van der Waals surface area contributed by atoms with Crippen LogP contribution in [-0.2, 0) is 19.5 Å². The zero-order valence-electron chi connectivity index (χ0n) is 16.4. The topological polar surface area (TPSA) is 44.9 Å². The van der Waals surface area contributed by atoms with Gasteiger partial charge in [-0.25, -0.2) is 4.98 Å². The standard InChI is InChI=1S/C21H26N4O.ClH/c1-15-10-16(2)25(23-15)9-5-8-24-14-22-13-19(24)17-6-7-20-18(11-17)12-21(3,4)26-20;/h6-7,10-11,13-14H,5,8-9,12H2,1-4H3;1H. The smallest absolute Gasteiger partial charge is 0.123 e. The van der Waals surface area contributed by atoms with E-state index in [1.165, 1.54) is 16.8 Å². The number of rotatable bonds is 5. The molecule has 5 nitrogen and oxygen atoms in total. The Hall–Kier alpha value is -2.27. The van der Waals surface area contributed by atoms with Gasteiger partial charge < -0.3 is 9.30 Å². The van der Waals surface area contributed by atoms with Crippen molar-refractivity contribution < 1.29 is 4.74 Å². The monoisotopic (exact) mass is 386 g/mol. The van der Waals surface area contributed by atoms with Crippen molar-refractivity contribution >= 4 is 12.4 Å². The Labute approximate surface area is 166 Å². The first-order chi connectivity index (χ1) is 12.4. The summed E-state index contributed by atoms with van der Waals surface area (Å²) in [5.74, 6) is 1.01. The van der Waals surface area contributed by atoms with Crippen LogP contribution in [0.15, 0.2) is 36.8 Å². The largest absolute Gasteiger partial charge is 0.487 e. The van der Waals surface area contributed by atoms with Crippen molar-refractivity contribution in [1.82, 2.24) is 19.3 Å². The number of hydrogen-bond acceptors (Lipinski definition) is 3. The number of imidazole rings is 1. The fourth-order valence-electron chi connectivity index (χ4n) is 3.80. The van der Waals surface area contributed by atoms with Crippen molar-refractivity contribution in [2.24, 2.45) is 0 Å². The Balaban J connectivity index is 0.00000210. The molecule has 6 heteroatoms. The first-order valence-corrected chi connectivity index (χ1v) is 9.25. The lowest BCUT2D eigenvalue weighted by Gasteiger charge is -2.16. The Morgan fingerprint density at radius 3 is 2.70 bits per heavy atom. The maximum atomic E-state index is 5.99. The first-order valence-electron chi connectivity index (χ1n) is 9.25. The van der Waals surface area contributed by atoms with Crippen LogP contribution in [0.1, 0.15) is 37.2 Å². The molecule has 4 rings (SSSR count). The fourth-order valence-corrected chi connectivity index (χ4v) is 3.80. The summed E-state index contributed by atoms with van der Waals surface area (Å²) in [5.41, 5.74) is 5.83. The average molecular weight is 387 g/mol. The molecule has 0 N–H and O–H groups in total. The molecule has 2 aromatic heterocycles. The number of aryl methyl sites for hydroxylation is 4. The lowest BCUT2D eigenvalue weighted by molar-refractivity contribution is 0.138. The molecular formula is C21H27ClN4O. The molecule has 0 aliphatic carbocycles. The van der Waals surface area contributed by atoms with Gasteiger partial charge in [-0.1, -0.05) is 0 Å². The summed E-state index contributed by atoms with van der Waals surface area (Å²) >= 11 is 0. The van der Waals surface area contributed by atoms with Crippen molar-refractivity contribution in [2.75, 3.05) is 0 Å². The fraction of sp³-hybridized carbons (Fsp3) is 0.429. The van der Waals surface area contributed by atoms with Crippen LogP contribution in [0.4, 0.5) is 0 Å². The van der Waals surface area contributed by atoms with E-state index in [-0.39, 0.29) is 18.0 Å². The highest BCUT2D eigenvalue weighted by molar-refractivity contribution is 5.85. The highest BCUT2D eigenvalue weighted by atomic mass is 35.5. The summed E-state index contributed by atoms with van der Waals surface area (Å²) in [6, 6.07) is 8.59. The molecule has 0 radical (unpaired) electrons. The highest BCUT2D eigenvalue weighted by Crippen LogP contribution is 2.37. The van der Waals surface area contributed by atoms with E-state index in [0.29, 0.717) is 0 Å². The summed E-state index contributed by atoms with van der Waals surface area (Å²) in [6.45, 7) is 10.3. The van der Waals surface area contributed by atoms with E-state index in [1.54, 1.807) is 0 Å². The number of ether oxygens (including phenoxy) is 1. The van der Waals surface area contributed by atoms with E-state index in [4.69, 9.17) is 4.74 Å². The minimum absolute atomic E-state index is 0. The first kappa shape index (κ1) is 19.5. The van der Waals surface area contributed by atoms with Crippen LogP contribution < -0.4 is 4.74 Å². The van der Waals surface area contributed by atoms with Crippen LogP contribution in [-0.4, -0.2) is 24.9 Å². The molecule has 3 aromatic rings. The number of hydrogen-bond donors (Lipinski definition) is 0.